The van der Waals surface area contributed by atoms with Crippen LogP contribution in [0.15, 0.2) is 48.0 Å². The van der Waals surface area contributed by atoms with Crippen LogP contribution in [0.5, 0.6) is 5.75 Å². The molecule has 5 rings (SSSR count). The summed E-state index contributed by atoms with van der Waals surface area (Å²) >= 11 is 6.56. The Hall–Kier alpha value is -3.88. The summed E-state index contributed by atoms with van der Waals surface area (Å²) < 4.78 is 83.1. The maximum Gasteiger partial charge on any atom is 0.390 e. The monoisotopic (exact) mass is 697 g/mol. The van der Waals surface area contributed by atoms with E-state index in [-0.39, 0.29) is 39.8 Å². The lowest BCUT2D eigenvalue weighted by Crippen LogP contribution is -2.51. The van der Waals surface area contributed by atoms with Crippen molar-refractivity contribution in [2.75, 3.05) is 25.4 Å². The molecule has 0 aliphatic carbocycles. The van der Waals surface area contributed by atoms with E-state index >= 15 is 0 Å². The number of hydrogen-bond donors (Lipinski definition) is 1. The van der Waals surface area contributed by atoms with Crippen molar-refractivity contribution < 1.29 is 44.9 Å². The molecule has 1 saturated heterocycles. The summed E-state index contributed by atoms with van der Waals surface area (Å²) in [5, 5.41) is 13.7. The van der Waals surface area contributed by atoms with E-state index in [9.17, 15) is 40.7 Å². The minimum Gasteiger partial charge on any atom is -0.478 e. The molecule has 2 aliphatic heterocycles. The van der Waals surface area contributed by atoms with Gasteiger partial charge in [-0.2, -0.15) is 21.6 Å². The quantitative estimate of drug-likeness (QED) is 0.140. The van der Waals surface area contributed by atoms with Gasteiger partial charge < -0.3 is 13.9 Å². The molecule has 0 atom stereocenters. The van der Waals surface area contributed by atoms with Crippen molar-refractivity contribution in [1.82, 2.24) is 14.6 Å². The number of carbonyl (C=O) groups is 2. The van der Waals surface area contributed by atoms with Gasteiger partial charge in [-0.25, -0.2) is 14.2 Å². The molecule has 15 heteroatoms. The number of carboxylic acids is 1. The maximum absolute atomic E-state index is 14.3. The zero-order chi connectivity index (χ0) is 34.1. The first kappa shape index (κ1) is 34.5. The van der Waals surface area contributed by atoms with Crippen LogP contribution in [0.4, 0.5) is 17.6 Å². The Balaban J connectivity index is 1.70. The number of benzene rings is 2. The number of nitrogens with zero attached hydrogens (tertiary/aromatic N) is 3. The van der Waals surface area contributed by atoms with Crippen LogP contribution < -0.4 is 4.18 Å². The second-order valence-corrected chi connectivity index (χ2v) is 13.4. The van der Waals surface area contributed by atoms with Crippen molar-refractivity contribution in [3.8, 4) is 22.7 Å². The molecule has 47 heavy (non-hydrogen) atoms. The number of fused-ring (bicyclic) bond motifs is 1. The molecule has 3 heterocycles. The van der Waals surface area contributed by atoms with Crippen LogP contribution in [0.1, 0.15) is 60.6 Å². The summed E-state index contributed by atoms with van der Waals surface area (Å²) in [5.41, 5.74) is 2.09. The molecule has 252 valence electrons. The lowest BCUT2D eigenvalue weighted by molar-refractivity contribution is -0.133. The zero-order valence-electron chi connectivity index (χ0n) is 25.3. The van der Waals surface area contributed by atoms with Gasteiger partial charge in [0.25, 0.3) is 5.91 Å². The number of hydrogen-bond acceptors (Lipinski definition) is 6. The van der Waals surface area contributed by atoms with E-state index < -0.39 is 40.3 Å². The van der Waals surface area contributed by atoms with Crippen molar-refractivity contribution in [2.45, 2.75) is 51.6 Å². The Morgan fingerprint density at radius 1 is 1.06 bits per heavy atom. The van der Waals surface area contributed by atoms with E-state index in [0.29, 0.717) is 48.7 Å². The summed E-state index contributed by atoms with van der Waals surface area (Å²) in [4.78, 5) is 26.5. The highest BCUT2D eigenvalue weighted by Crippen LogP contribution is 2.41. The Labute approximate surface area is 274 Å². The lowest BCUT2D eigenvalue weighted by atomic mass is 9.97. The van der Waals surface area contributed by atoms with Gasteiger partial charge in [0.2, 0.25) is 0 Å². The lowest BCUT2D eigenvalue weighted by Gasteiger charge is -2.39. The second kappa shape index (κ2) is 13.7. The molecule has 1 fully saturated rings. The number of aromatic nitrogens is 1. The first-order valence-corrected chi connectivity index (χ1v) is 17.0. The van der Waals surface area contributed by atoms with Crippen molar-refractivity contribution in [2.24, 2.45) is 0 Å². The van der Waals surface area contributed by atoms with Crippen molar-refractivity contribution in [1.29, 1.82) is 0 Å². The first-order chi connectivity index (χ1) is 22.2. The number of aliphatic carboxylic acids is 1. The summed E-state index contributed by atoms with van der Waals surface area (Å²) in [6.07, 6.45) is -1.49. The Bertz CT molecular complexity index is 1820. The summed E-state index contributed by atoms with van der Waals surface area (Å²) in [6.45, 7) is 3.37. The molecular weight excluding hydrogens is 666 g/mol. The fraction of sp³-hybridized carbons (Fsp3) is 0.375. The van der Waals surface area contributed by atoms with E-state index in [1.165, 1.54) is 42.5 Å². The standard InChI is InChI=1S/C32H32ClF4N3O6S/c1-2-20(31(42)43)18-24-28-27(12-16-39(30(28)41)38-14-4-3-5-15-38)40(26-11-8-22(34)19-25(26)33)29(24)21-6-9-23(10-7-21)46-47(44,45)17-13-32(35,36)37/h6-11,18-19H,2-5,12-17H2,1H3,(H,42,43). The van der Waals surface area contributed by atoms with Crippen LogP contribution >= 0.6 is 11.6 Å². The molecule has 0 unspecified atom stereocenters. The van der Waals surface area contributed by atoms with Gasteiger partial charge in [-0.15, -0.1) is 0 Å². The van der Waals surface area contributed by atoms with E-state index in [0.717, 1.165) is 25.3 Å². The number of carboxylic acid groups (broad SMARTS) is 1. The molecule has 1 amide bonds. The first-order valence-electron chi connectivity index (χ1n) is 15.0. The van der Waals surface area contributed by atoms with Gasteiger partial charge in [-0.3, -0.25) is 9.80 Å². The number of hydrazine groups is 1. The van der Waals surface area contributed by atoms with Gasteiger partial charge in [0.15, 0.2) is 0 Å². The largest absolute Gasteiger partial charge is 0.478 e. The number of amides is 1. The summed E-state index contributed by atoms with van der Waals surface area (Å²) in [5.74, 6) is -3.64. The molecule has 2 aromatic carbocycles. The molecule has 0 bridgehead atoms. The van der Waals surface area contributed by atoms with E-state index in [2.05, 4.69) is 0 Å². The predicted octanol–water partition coefficient (Wildman–Crippen LogP) is 6.88. The van der Waals surface area contributed by atoms with Crippen molar-refractivity contribution in [3.05, 3.63) is 75.7 Å². The third kappa shape index (κ3) is 7.65. The Morgan fingerprint density at radius 2 is 1.74 bits per heavy atom. The fourth-order valence-corrected chi connectivity index (χ4v) is 7.11. The third-order valence-corrected chi connectivity index (χ3v) is 9.55. The molecule has 0 saturated carbocycles. The minimum atomic E-state index is -4.69. The van der Waals surface area contributed by atoms with Gasteiger partial charge in [-0.1, -0.05) is 24.9 Å². The average molecular weight is 698 g/mol. The molecule has 3 aromatic rings. The van der Waals surface area contributed by atoms with Crippen LogP contribution in [0.25, 0.3) is 23.0 Å². The number of piperidine rings is 1. The van der Waals surface area contributed by atoms with Crippen LogP contribution in [-0.2, 0) is 21.3 Å². The van der Waals surface area contributed by atoms with Crippen molar-refractivity contribution >= 4 is 39.7 Å². The van der Waals surface area contributed by atoms with Crippen LogP contribution in [0.3, 0.4) is 0 Å². The average Bonchev–Trinajstić information content (AvgIpc) is 3.33. The molecule has 1 aromatic heterocycles. The maximum atomic E-state index is 14.3. The van der Waals surface area contributed by atoms with E-state index in [4.69, 9.17) is 15.8 Å². The molecule has 2 aliphatic rings. The Kier molecular flexibility index (Phi) is 10.0. The molecular formula is C32H32ClF4N3O6S. The molecule has 0 radical (unpaired) electrons. The van der Waals surface area contributed by atoms with Crippen LogP contribution in [0, 0.1) is 5.82 Å². The SMILES string of the molecule is CCC(=Cc1c2c(n(-c3ccc(F)cc3Cl)c1-c1ccc(OS(=O)(=O)CCC(F)(F)F)cc1)CCN(N1CCCCC1)C2=O)C(=O)O. The topological polar surface area (TPSA) is 109 Å². The van der Waals surface area contributed by atoms with Gasteiger partial charge in [0.05, 0.1) is 34.1 Å². The van der Waals surface area contributed by atoms with E-state index in [1.54, 1.807) is 16.5 Å². The highest BCUT2D eigenvalue weighted by atomic mass is 35.5. The smallest absolute Gasteiger partial charge is 0.390 e. The van der Waals surface area contributed by atoms with E-state index in [1.807, 2.05) is 5.01 Å². The highest BCUT2D eigenvalue weighted by molar-refractivity contribution is 7.87. The molecule has 9 nitrogen and oxygen atoms in total. The normalized spacial score (nSPS) is 16.3. The minimum absolute atomic E-state index is 0.00927. The van der Waals surface area contributed by atoms with Gasteiger partial charge in [0.1, 0.15) is 11.6 Å². The fourth-order valence-electron chi connectivity index (χ4n) is 5.89. The second-order valence-electron chi connectivity index (χ2n) is 11.3. The highest BCUT2D eigenvalue weighted by Gasteiger charge is 2.37. The number of carbonyl (C=O) groups excluding carboxylic acids is 1. The van der Waals surface area contributed by atoms with Gasteiger partial charge in [-0.05, 0) is 73.4 Å². The predicted molar refractivity (Wildman–Crippen MR) is 167 cm³/mol. The zero-order valence-corrected chi connectivity index (χ0v) is 26.9. The molecule has 0 spiro atoms. The van der Waals surface area contributed by atoms with Crippen LogP contribution in [0.2, 0.25) is 5.02 Å². The van der Waals surface area contributed by atoms with Crippen LogP contribution in [-0.4, -0.2) is 71.5 Å². The Morgan fingerprint density at radius 3 is 2.34 bits per heavy atom. The van der Waals surface area contributed by atoms with Gasteiger partial charge in [0, 0.05) is 42.9 Å². The summed E-state index contributed by atoms with van der Waals surface area (Å²) in [6, 6.07) is 9.14. The summed E-state index contributed by atoms with van der Waals surface area (Å²) in [7, 11) is -4.58. The number of halogens is 5. The third-order valence-electron chi connectivity index (χ3n) is 8.10. The number of rotatable bonds is 10. The van der Waals surface area contributed by atoms with Gasteiger partial charge >= 0.3 is 22.3 Å². The number of alkyl halides is 3. The van der Waals surface area contributed by atoms with Crippen molar-refractivity contribution in [3.63, 3.8) is 0 Å². The molecule has 1 N–H and O–H groups in total.